The van der Waals surface area contributed by atoms with E-state index in [0.717, 1.165) is 48.4 Å². The Morgan fingerprint density at radius 1 is 1.22 bits per heavy atom. The number of hydrogen-bond donors (Lipinski definition) is 1. The zero-order valence-electron chi connectivity index (χ0n) is 16.9. The SMILES string of the molecule is COC1=CC=CC(SCCCCCC([O-])C(C)C(C)c2ccccc2N)C1. The number of methoxy groups -OCH3 is 1. The van der Waals surface area contributed by atoms with Crippen LogP contribution < -0.4 is 10.8 Å². The van der Waals surface area contributed by atoms with Crippen LogP contribution in [0.5, 0.6) is 0 Å². The van der Waals surface area contributed by atoms with E-state index in [4.69, 9.17) is 10.5 Å². The molecule has 150 valence electrons. The van der Waals surface area contributed by atoms with Gasteiger partial charge in [-0.3, -0.25) is 0 Å². The van der Waals surface area contributed by atoms with Crippen LogP contribution >= 0.6 is 11.8 Å². The first-order valence-electron chi connectivity index (χ1n) is 10.1. The summed E-state index contributed by atoms with van der Waals surface area (Å²) in [6.45, 7) is 4.19. The smallest absolute Gasteiger partial charge is 0.0969 e. The highest BCUT2D eigenvalue weighted by atomic mass is 32.2. The van der Waals surface area contributed by atoms with E-state index in [-0.39, 0.29) is 11.8 Å². The van der Waals surface area contributed by atoms with Gasteiger partial charge < -0.3 is 15.6 Å². The summed E-state index contributed by atoms with van der Waals surface area (Å²) >= 11 is 1.99. The quantitative estimate of drug-likeness (QED) is 0.433. The lowest BCUT2D eigenvalue weighted by Gasteiger charge is -2.34. The van der Waals surface area contributed by atoms with Gasteiger partial charge in [0.2, 0.25) is 0 Å². The standard InChI is InChI=1S/C23H34NO2S/c1-17(21-12-6-7-13-22(21)24)18(2)23(25)14-5-4-8-15-27-20-11-9-10-19(16-20)26-3/h6-7,9-13,17-18,20,23H,4-5,8,14-16,24H2,1-3H3/q-1. The highest BCUT2D eigenvalue weighted by Crippen LogP contribution is 2.31. The Morgan fingerprint density at radius 2 is 2.00 bits per heavy atom. The molecule has 1 aliphatic carbocycles. The number of unbranched alkanes of at least 4 members (excludes halogenated alkanes) is 2. The molecule has 0 heterocycles. The predicted octanol–water partition coefficient (Wildman–Crippen LogP) is 4.89. The minimum absolute atomic E-state index is 0.0932. The van der Waals surface area contributed by atoms with E-state index in [1.807, 2.05) is 42.1 Å². The summed E-state index contributed by atoms with van der Waals surface area (Å²) in [6.07, 6.45) is 10.9. The number of para-hydroxylation sites is 1. The van der Waals surface area contributed by atoms with Gasteiger partial charge in [0.25, 0.3) is 0 Å². The molecule has 0 aromatic heterocycles. The number of allylic oxidation sites excluding steroid dienone is 3. The summed E-state index contributed by atoms with van der Waals surface area (Å²) in [5.74, 6) is 2.50. The molecular weight excluding hydrogens is 354 g/mol. The van der Waals surface area contributed by atoms with Crippen molar-refractivity contribution >= 4 is 17.4 Å². The van der Waals surface area contributed by atoms with Gasteiger partial charge in [-0.05, 0) is 35.8 Å². The molecular formula is C23H34NO2S-. The first-order chi connectivity index (χ1) is 13.0. The molecule has 2 N–H and O–H groups in total. The molecule has 1 aromatic rings. The molecule has 1 aromatic carbocycles. The molecule has 0 saturated heterocycles. The van der Waals surface area contributed by atoms with Crippen LogP contribution in [-0.2, 0) is 4.74 Å². The second-order valence-corrected chi connectivity index (χ2v) is 8.85. The number of nitrogens with two attached hydrogens (primary N) is 1. The molecule has 4 unspecified atom stereocenters. The van der Waals surface area contributed by atoms with Crippen molar-refractivity contribution < 1.29 is 9.84 Å². The van der Waals surface area contributed by atoms with E-state index in [0.29, 0.717) is 5.25 Å². The van der Waals surface area contributed by atoms with E-state index in [1.165, 1.54) is 6.42 Å². The third-order valence-corrected chi connectivity index (χ3v) is 6.88. The van der Waals surface area contributed by atoms with Crippen LogP contribution in [0, 0.1) is 5.92 Å². The van der Waals surface area contributed by atoms with E-state index in [9.17, 15) is 5.11 Å². The van der Waals surface area contributed by atoms with Gasteiger partial charge in [-0.2, -0.15) is 11.8 Å². The van der Waals surface area contributed by atoms with Crippen LogP contribution in [0.15, 0.2) is 48.3 Å². The van der Waals surface area contributed by atoms with Crippen LogP contribution in [0.4, 0.5) is 5.69 Å². The van der Waals surface area contributed by atoms with Gasteiger partial charge in [0, 0.05) is 17.4 Å². The highest BCUT2D eigenvalue weighted by molar-refractivity contribution is 8.00. The van der Waals surface area contributed by atoms with Crippen molar-refractivity contribution in [3.8, 4) is 0 Å². The molecule has 4 atom stereocenters. The summed E-state index contributed by atoms with van der Waals surface area (Å²) in [6, 6.07) is 7.91. The number of thioether (sulfide) groups is 1. The number of ether oxygens (including phenoxy) is 1. The van der Waals surface area contributed by atoms with E-state index in [2.05, 4.69) is 26.0 Å². The van der Waals surface area contributed by atoms with Crippen molar-refractivity contribution in [1.29, 1.82) is 0 Å². The minimum Gasteiger partial charge on any atom is -0.852 e. The van der Waals surface area contributed by atoms with Crippen LogP contribution in [-0.4, -0.2) is 24.2 Å². The molecule has 0 spiro atoms. The maximum atomic E-state index is 12.6. The second-order valence-electron chi connectivity index (χ2n) is 7.50. The van der Waals surface area contributed by atoms with Gasteiger partial charge >= 0.3 is 0 Å². The zero-order valence-corrected chi connectivity index (χ0v) is 17.7. The maximum Gasteiger partial charge on any atom is 0.0969 e. The Bertz CT molecular complexity index is 629. The maximum absolute atomic E-state index is 12.6. The lowest BCUT2D eigenvalue weighted by Crippen LogP contribution is -2.35. The molecule has 3 nitrogen and oxygen atoms in total. The molecule has 0 aliphatic heterocycles. The minimum atomic E-state index is -0.525. The molecule has 27 heavy (non-hydrogen) atoms. The van der Waals surface area contributed by atoms with Crippen LogP contribution in [0.3, 0.4) is 0 Å². The average molecular weight is 389 g/mol. The normalized spacial score (nSPS) is 20.0. The van der Waals surface area contributed by atoms with Crippen molar-refractivity contribution in [2.75, 3.05) is 18.6 Å². The zero-order chi connectivity index (χ0) is 19.6. The Morgan fingerprint density at radius 3 is 2.74 bits per heavy atom. The van der Waals surface area contributed by atoms with Crippen LogP contribution in [0.2, 0.25) is 0 Å². The predicted molar refractivity (Wildman–Crippen MR) is 116 cm³/mol. The summed E-state index contributed by atoms with van der Waals surface area (Å²) in [7, 11) is 1.74. The van der Waals surface area contributed by atoms with Crippen LogP contribution in [0.1, 0.15) is 57.4 Å². The summed E-state index contributed by atoms with van der Waals surface area (Å²) in [5, 5.41) is 13.1. The first kappa shape index (κ1) is 21.9. The van der Waals surface area contributed by atoms with E-state index in [1.54, 1.807) is 7.11 Å². The van der Waals surface area contributed by atoms with Crippen molar-refractivity contribution in [3.63, 3.8) is 0 Å². The third-order valence-electron chi connectivity index (χ3n) is 5.60. The number of hydrogen-bond acceptors (Lipinski definition) is 4. The monoisotopic (exact) mass is 388 g/mol. The average Bonchev–Trinajstić information content (AvgIpc) is 2.69. The van der Waals surface area contributed by atoms with Gasteiger partial charge in [0.05, 0.1) is 12.9 Å². The van der Waals surface area contributed by atoms with Crippen molar-refractivity contribution in [2.24, 2.45) is 5.92 Å². The van der Waals surface area contributed by atoms with E-state index < -0.39 is 6.10 Å². The number of nitrogen functional groups attached to an aromatic ring is 1. The lowest BCUT2D eigenvalue weighted by molar-refractivity contribution is -0.434. The molecule has 1 aliphatic rings. The Kier molecular flexibility index (Phi) is 9.29. The summed E-state index contributed by atoms with van der Waals surface area (Å²) in [5.41, 5.74) is 7.97. The van der Waals surface area contributed by atoms with Gasteiger partial charge in [-0.15, -0.1) is 6.10 Å². The first-order valence-corrected chi connectivity index (χ1v) is 11.1. The fourth-order valence-corrected chi connectivity index (χ4v) is 4.70. The fraction of sp³-hybridized carbons (Fsp3) is 0.565. The van der Waals surface area contributed by atoms with Gasteiger partial charge in [-0.25, -0.2) is 0 Å². The highest BCUT2D eigenvalue weighted by Gasteiger charge is 2.18. The van der Waals surface area contributed by atoms with Crippen molar-refractivity contribution in [3.05, 3.63) is 53.8 Å². The molecule has 0 amide bonds. The van der Waals surface area contributed by atoms with Crippen molar-refractivity contribution in [1.82, 2.24) is 0 Å². The molecule has 0 radical (unpaired) electrons. The number of benzene rings is 1. The van der Waals surface area contributed by atoms with E-state index >= 15 is 0 Å². The Hall–Kier alpha value is -1.39. The molecule has 2 rings (SSSR count). The molecule has 0 saturated carbocycles. The summed E-state index contributed by atoms with van der Waals surface area (Å²) < 4.78 is 5.33. The van der Waals surface area contributed by atoms with Crippen molar-refractivity contribution in [2.45, 2.75) is 63.2 Å². The molecule has 0 bridgehead atoms. The lowest BCUT2D eigenvalue weighted by atomic mass is 9.83. The largest absolute Gasteiger partial charge is 0.852 e. The van der Waals surface area contributed by atoms with Gasteiger partial charge in [-0.1, -0.05) is 69.4 Å². The topological polar surface area (TPSA) is 58.3 Å². The Labute approximate surface area is 169 Å². The van der Waals surface area contributed by atoms with Gasteiger partial charge in [0.15, 0.2) is 0 Å². The van der Waals surface area contributed by atoms with Gasteiger partial charge in [0.1, 0.15) is 0 Å². The third kappa shape index (κ3) is 6.93. The Balaban J connectivity index is 1.62. The fourth-order valence-electron chi connectivity index (χ4n) is 3.54. The molecule has 0 fully saturated rings. The summed E-state index contributed by atoms with van der Waals surface area (Å²) in [4.78, 5) is 0. The second kappa shape index (κ2) is 11.5. The van der Waals surface area contributed by atoms with Crippen LogP contribution in [0.25, 0.3) is 0 Å². The number of anilines is 1. The number of rotatable bonds is 11. The molecule has 4 heteroatoms.